The number of amides is 2. The molecule has 0 saturated heterocycles. The first-order valence-electron chi connectivity index (χ1n) is 10.5. The van der Waals surface area contributed by atoms with Crippen molar-refractivity contribution in [2.45, 2.75) is 60.0 Å². The highest BCUT2D eigenvalue weighted by Crippen LogP contribution is 2.31. The summed E-state index contributed by atoms with van der Waals surface area (Å²) in [7, 11) is 0. The number of carbonyl (C=O) groups excluding carboxylic acids is 2. The number of benzene rings is 2. The summed E-state index contributed by atoms with van der Waals surface area (Å²) in [4.78, 5) is 23.7. The summed E-state index contributed by atoms with van der Waals surface area (Å²) in [6, 6.07) is 8.53. The number of carbonyl (C=O) groups is 2. The van der Waals surface area contributed by atoms with Crippen LogP contribution in [0.25, 0.3) is 17.2 Å². The number of anilines is 1. The zero-order valence-electron chi connectivity index (χ0n) is 19.1. The lowest BCUT2D eigenvalue weighted by Crippen LogP contribution is -2.42. The Morgan fingerprint density at radius 3 is 2.29 bits per heavy atom. The average molecular weight is 426 g/mol. The standard InChI is InChI=1S/C25H32FN3O2/c1-7-18(25(31)29-17(6)24(27)30)12-19-10-16(5)22(11-15(19)4)21-9-8-20(13-23(21)26)28-14(2)3/h8-14,17,28H,7H2,1-6H3,(H2,27,30)(H,29,31)/b18-12+/t17-/m1/s1. The number of hydrogen-bond acceptors (Lipinski definition) is 3. The molecule has 2 amide bonds. The van der Waals surface area contributed by atoms with E-state index in [-0.39, 0.29) is 17.8 Å². The van der Waals surface area contributed by atoms with Gasteiger partial charge in [-0.3, -0.25) is 9.59 Å². The number of hydrogen-bond donors (Lipinski definition) is 3. The van der Waals surface area contributed by atoms with Gasteiger partial charge in [-0.1, -0.05) is 19.1 Å². The molecule has 0 aromatic heterocycles. The Labute approximate surface area is 183 Å². The fraction of sp³-hybridized carbons (Fsp3) is 0.360. The Kier molecular flexibility index (Phi) is 7.97. The largest absolute Gasteiger partial charge is 0.383 e. The van der Waals surface area contributed by atoms with Crippen LogP contribution in [-0.2, 0) is 9.59 Å². The molecule has 0 unspecified atom stereocenters. The zero-order valence-corrected chi connectivity index (χ0v) is 19.1. The van der Waals surface area contributed by atoms with Crippen LogP contribution in [0.15, 0.2) is 35.9 Å². The molecule has 5 nitrogen and oxygen atoms in total. The lowest BCUT2D eigenvalue weighted by Gasteiger charge is -2.15. The molecule has 166 valence electrons. The van der Waals surface area contributed by atoms with E-state index in [1.807, 2.05) is 52.8 Å². The molecule has 2 rings (SSSR count). The molecule has 0 aliphatic heterocycles. The quantitative estimate of drug-likeness (QED) is 0.536. The number of halogens is 1. The molecule has 0 bridgehead atoms. The zero-order chi connectivity index (χ0) is 23.3. The van der Waals surface area contributed by atoms with Crippen molar-refractivity contribution in [1.82, 2.24) is 5.32 Å². The number of rotatable bonds is 8. The van der Waals surface area contributed by atoms with Gasteiger partial charge >= 0.3 is 0 Å². The van der Waals surface area contributed by atoms with Crippen molar-refractivity contribution in [1.29, 1.82) is 0 Å². The summed E-state index contributed by atoms with van der Waals surface area (Å²) >= 11 is 0. The van der Waals surface area contributed by atoms with Crippen LogP contribution >= 0.6 is 0 Å². The second-order valence-corrected chi connectivity index (χ2v) is 8.14. The van der Waals surface area contributed by atoms with E-state index in [1.54, 1.807) is 19.1 Å². The summed E-state index contributed by atoms with van der Waals surface area (Å²) < 4.78 is 14.8. The van der Waals surface area contributed by atoms with E-state index in [0.29, 0.717) is 17.6 Å². The topological polar surface area (TPSA) is 84.2 Å². The monoisotopic (exact) mass is 425 g/mol. The van der Waals surface area contributed by atoms with Crippen LogP contribution < -0.4 is 16.4 Å². The molecule has 2 aromatic rings. The highest BCUT2D eigenvalue weighted by atomic mass is 19.1. The van der Waals surface area contributed by atoms with Gasteiger partial charge in [-0.2, -0.15) is 0 Å². The third kappa shape index (κ3) is 6.17. The van der Waals surface area contributed by atoms with Gasteiger partial charge in [-0.05, 0) is 87.6 Å². The molecule has 0 aliphatic rings. The van der Waals surface area contributed by atoms with Gasteiger partial charge < -0.3 is 16.4 Å². The Balaban J connectivity index is 2.38. The van der Waals surface area contributed by atoms with E-state index >= 15 is 0 Å². The first-order chi connectivity index (χ1) is 14.5. The van der Waals surface area contributed by atoms with E-state index in [0.717, 1.165) is 27.9 Å². The van der Waals surface area contributed by atoms with Gasteiger partial charge in [0, 0.05) is 22.9 Å². The average Bonchev–Trinajstić information content (AvgIpc) is 2.68. The molecular formula is C25H32FN3O2. The highest BCUT2D eigenvalue weighted by Gasteiger charge is 2.16. The van der Waals surface area contributed by atoms with Crippen molar-refractivity contribution < 1.29 is 14.0 Å². The van der Waals surface area contributed by atoms with E-state index < -0.39 is 11.9 Å². The molecule has 1 atom stereocenters. The number of nitrogens with one attached hydrogen (secondary N) is 2. The molecule has 0 heterocycles. The Morgan fingerprint density at radius 1 is 1.06 bits per heavy atom. The van der Waals surface area contributed by atoms with E-state index in [1.165, 1.54) is 6.07 Å². The summed E-state index contributed by atoms with van der Waals surface area (Å²) in [6.07, 6.45) is 2.30. The minimum Gasteiger partial charge on any atom is -0.383 e. The Morgan fingerprint density at radius 2 is 1.74 bits per heavy atom. The van der Waals surface area contributed by atoms with Gasteiger partial charge in [0.1, 0.15) is 11.9 Å². The summed E-state index contributed by atoms with van der Waals surface area (Å²) in [6.45, 7) is 11.3. The van der Waals surface area contributed by atoms with Gasteiger partial charge in [0.25, 0.3) is 0 Å². The summed E-state index contributed by atoms with van der Waals surface area (Å²) in [5.41, 5.74) is 10.6. The maximum Gasteiger partial charge on any atom is 0.247 e. The SMILES string of the molecule is CC/C(=C\c1cc(C)c(-c2ccc(NC(C)C)cc2F)cc1C)C(=O)N[C@H](C)C(N)=O. The second kappa shape index (κ2) is 10.2. The molecule has 2 aromatic carbocycles. The molecule has 0 radical (unpaired) electrons. The molecule has 0 fully saturated rings. The fourth-order valence-corrected chi connectivity index (χ4v) is 3.32. The fourth-order valence-electron chi connectivity index (χ4n) is 3.32. The number of primary amides is 1. The van der Waals surface area contributed by atoms with Crippen LogP contribution in [0.4, 0.5) is 10.1 Å². The van der Waals surface area contributed by atoms with Crippen LogP contribution in [0, 0.1) is 19.7 Å². The third-order valence-electron chi connectivity index (χ3n) is 5.10. The van der Waals surface area contributed by atoms with Crippen molar-refractivity contribution >= 4 is 23.6 Å². The van der Waals surface area contributed by atoms with Crippen molar-refractivity contribution in [2.75, 3.05) is 5.32 Å². The maximum absolute atomic E-state index is 14.8. The highest BCUT2D eigenvalue weighted by molar-refractivity contribution is 6.00. The van der Waals surface area contributed by atoms with Crippen LogP contribution in [-0.4, -0.2) is 23.9 Å². The first-order valence-corrected chi connectivity index (χ1v) is 10.5. The third-order valence-corrected chi connectivity index (χ3v) is 5.10. The van der Waals surface area contributed by atoms with Gasteiger partial charge in [-0.15, -0.1) is 0 Å². The van der Waals surface area contributed by atoms with Gasteiger partial charge in [0.2, 0.25) is 11.8 Å². The molecular weight excluding hydrogens is 393 g/mol. The molecule has 0 aliphatic carbocycles. The van der Waals surface area contributed by atoms with Gasteiger partial charge in [-0.25, -0.2) is 4.39 Å². The van der Waals surface area contributed by atoms with Crippen molar-refractivity contribution in [2.24, 2.45) is 5.73 Å². The van der Waals surface area contributed by atoms with E-state index in [9.17, 15) is 14.0 Å². The van der Waals surface area contributed by atoms with Gasteiger partial charge in [0.05, 0.1) is 0 Å². The molecule has 0 saturated carbocycles. The van der Waals surface area contributed by atoms with Crippen LogP contribution in [0.1, 0.15) is 50.8 Å². The smallest absolute Gasteiger partial charge is 0.247 e. The summed E-state index contributed by atoms with van der Waals surface area (Å²) in [5, 5.41) is 5.81. The van der Waals surface area contributed by atoms with E-state index in [2.05, 4.69) is 10.6 Å². The molecule has 4 N–H and O–H groups in total. The molecule has 0 spiro atoms. The first kappa shape index (κ1) is 24.1. The Bertz CT molecular complexity index is 1010. The van der Waals surface area contributed by atoms with Crippen LogP contribution in [0.5, 0.6) is 0 Å². The van der Waals surface area contributed by atoms with Crippen molar-refractivity contribution in [3.8, 4) is 11.1 Å². The lowest BCUT2D eigenvalue weighted by molar-refractivity contribution is -0.125. The predicted octanol–water partition coefficient (Wildman–Crippen LogP) is 4.71. The Hall–Kier alpha value is -3.15. The van der Waals surface area contributed by atoms with Crippen molar-refractivity contribution in [3.05, 3.63) is 58.4 Å². The molecule has 31 heavy (non-hydrogen) atoms. The van der Waals surface area contributed by atoms with Crippen LogP contribution in [0.2, 0.25) is 0 Å². The van der Waals surface area contributed by atoms with Gasteiger partial charge in [0.15, 0.2) is 0 Å². The minimum atomic E-state index is -0.746. The van der Waals surface area contributed by atoms with Crippen LogP contribution in [0.3, 0.4) is 0 Å². The second-order valence-electron chi connectivity index (χ2n) is 8.14. The maximum atomic E-state index is 14.8. The normalized spacial score (nSPS) is 12.6. The number of nitrogens with two attached hydrogens (primary N) is 1. The predicted molar refractivity (Wildman–Crippen MR) is 125 cm³/mol. The lowest BCUT2D eigenvalue weighted by atomic mass is 9.93. The number of aryl methyl sites for hydroxylation is 2. The van der Waals surface area contributed by atoms with Crippen molar-refractivity contribution in [3.63, 3.8) is 0 Å². The molecule has 6 heteroatoms. The minimum absolute atomic E-state index is 0.219. The van der Waals surface area contributed by atoms with E-state index in [4.69, 9.17) is 5.73 Å². The summed E-state index contributed by atoms with van der Waals surface area (Å²) in [5.74, 6) is -1.20.